The molecule has 6 nitrogen and oxygen atoms in total. The summed E-state index contributed by atoms with van der Waals surface area (Å²) in [4.78, 5) is 27.1. The summed E-state index contributed by atoms with van der Waals surface area (Å²) in [5.74, 6) is -1.42. The van der Waals surface area contributed by atoms with E-state index in [4.69, 9.17) is 5.11 Å². The van der Waals surface area contributed by atoms with E-state index in [2.05, 4.69) is 10.1 Å². The number of aliphatic carboxylic acids is 1. The molecular weight excluding hydrogens is 294 g/mol. The standard InChI is InChI=1S/C17H19N3O3/c1-3-14(16(21)9-20-11-18-10-19-20)8-13-4-6-15(7-5-13)12(2)17(22)23/h4-8,10-12H,3,9H2,1-2H3,(H,22,23). The summed E-state index contributed by atoms with van der Waals surface area (Å²) >= 11 is 0. The number of nitrogens with zero attached hydrogens (tertiary/aromatic N) is 3. The lowest BCUT2D eigenvalue weighted by atomic mass is 9.98. The summed E-state index contributed by atoms with van der Waals surface area (Å²) in [7, 11) is 0. The molecule has 1 aromatic heterocycles. The number of ketones is 1. The number of carboxylic acid groups (broad SMARTS) is 1. The highest BCUT2D eigenvalue weighted by molar-refractivity contribution is 5.99. The maximum atomic E-state index is 12.3. The molecule has 0 saturated heterocycles. The number of aromatic nitrogens is 3. The number of hydrogen-bond donors (Lipinski definition) is 1. The number of Topliss-reactive ketones (excluding diaryl/α,β-unsaturated/α-hetero) is 1. The minimum atomic E-state index is -0.856. The molecule has 0 bridgehead atoms. The fourth-order valence-electron chi connectivity index (χ4n) is 2.17. The molecule has 23 heavy (non-hydrogen) atoms. The number of hydrogen-bond acceptors (Lipinski definition) is 4. The lowest BCUT2D eigenvalue weighted by molar-refractivity contribution is -0.138. The van der Waals surface area contributed by atoms with Crippen LogP contribution in [0.3, 0.4) is 0 Å². The Morgan fingerprint density at radius 3 is 2.52 bits per heavy atom. The third kappa shape index (κ3) is 4.35. The zero-order chi connectivity index (χ0) is 16.8. The van der Waals surface area contributed by atoms with Crippen LogP contribution in [-0.4, -0.2) is 31.6 Å². The summed E-state index contributed by atoms with van der Waals surface area (Å²) in [5, 5.41) is 12.9. The number of carboxylic acids is 1. The van der Waals surface area contributed by atoms with Gasteiger partial charge in [0.1, 0.15) is 19.2 Å². The van der Waals surface area contributed by atoms with E-state index in [-0.39, 0.29) is 12.3 Å². The predicted octanol–water partition coefficient (Wildman–Crippen LogP) is 2.53. The SMILES string of the molecule is CCC(=Cc1ccc(C(C)C(=O)O)cc1)C(=O)Cn1cncn1. The van der Waals surface area contributed by atoms with Crippen molar-refractivity contribution in [3.63, 3.8) is 0 Å². The van der Waals surface area contributed by atoms with Crippen LogP contribution in [0.25, 0.3) is 6.08 Å². The highest BCUT2D eigenvalue weighted by Gasteiger charge is 2.13. The van der Waals surface area contributed by atoms with E-state index in [0.717, 1.165) is 11.1 Å². The van der Waals surface area contributed by atoms with Crippen molar-refractivity contribution in [2.24, 2.45) is 0 Å². The van der Waals surface area contributed by atoms with Gasteiger partial charge in [0.05, 0.1) is 5.92 Å². The highest BCUT2D eigenvalue weighted by atomic mass is 16.4. The summed E-state index contributed by atoms with van der Waals surface area (Å²) in [6.07, 6.45) is 5.34. The molecule has 0 aliphatic heterocycles. The van der Waals surface area contributed by atoms with Gasteiger partial charge >= 0.3 is 5.97 Å². The van der Waals surface area contributed by atoms with Crippen molar-refractivity contribution in [3.05, 3.63) is 53.6 Å². The molecule has 0 spiro atoms. The third-order valence-electron chi connectivity index (χ3n) is 3.66. The Hall–Kier alpha value is -2.76. The van der Waals surface area contributed by atoms with Gasteiger partial charge in [0.25, 0.3) is 0 Å². The number of carbonyl (C=O) groups is 2. The molecule has 0 radical (unpaired) electrons. The lowest BCUT2D eigenvalue weighted by Gasteiger charge is -2.08. The molecule has 0 aliphatic rings. The van der Waals surface area contributed by atoms with Crippen LogP contribution in [0.1, 0.15) is 37.3 Å². The maximum Gasteiger partial charge on any atom is 0.310 e. The number of benzene rings is 1. The smallest absolute Gasteiger partial charge is 0.310 e. The first-order valence-corrected chi connectivity index (χ1v) is 7.40. The van der Waals surface area contributed by atoms with Gasteiger partial charge < -0.3 is 5.11 Å². The van der Waals surface area contributed by atoms with Gasteiger partial charge in [-0.25, -0.2) is 9.67 Å². The number of allylic oxidation sites excluding steroid dienone is 1. The zero-order valence-corrected chi connectivity index (χ0v) is 13.1. The molecule has 1 atom stereocenters. The van der Waals surface area contributed by atoms with E-state index in [1.807, 2.05) is 25.1 Å². The van der Waals surface area contributed by atoms with Crippen molar-refractivity contribution < 1.29 is 14.7 Å². The molecule has 1 heterocycles. The van der Waals surface area contributed by atoms with Gasteiger partial charge in [-0.1, -0.05) is 31.2 Å². The molecular formula is C17H19N3O3. The molecule has 6 heteroatoms. The van der Waals surface area contributed by atoms with Gasteiger partial charge in [0, 0.05) is 0 Å². The average Bonchev–Trinajstić information content (AvgIpc) is 3.05. The Labute approximate surface area is 134 Å². The second kappa shape index (κ2) is 7.49. The quantitative estimate of drug-likeness (QED) is 0.794. The van der Waals surface area contributed by atoms with Gasteiger partial charge in [-0.3, -0.25) is 9.59 Å². The first-order valence-electron chi connectivity index (χ1n) is 7.40. The van der Waals surface area contributed by atoms with Crippen LogP contribution < -0.4 is 0 Å². The molecule has 1 aromatic carbocycles. The number of rotatable bonds is 7. The summed E-state index contributed by atoms with van der Waals surface area (Å²) in [6, 6.07) is 7.21. The van der Waals surface area contributed by atoms with E-state index in [9.17, 15) is 9.59 Å². The zero-order valence-electron chi connectivity index (χ0n) is 13.1. The van der Waals surface area contributed by atoms with Gasteiger partial charge in [-0.2, -0.15) is 5.10 Å². The number of carbonyl (C=O) groups excluding carboxylic acids is 1. The predicted molar refractivity (Wildman–Crippen MR) is 85.8 cm³/mol. The minimum absolute atomic E-state index is 0.0130. The monoisotopic (exact) mass is 313 g/mol. The molecule has 1 N–H and O–H groups in total. The molecule has 0 amide bonds. The van der Waals surface area contributed by atoms with Gasteiger partial charge in [0.2, 0.25) is 0 Å². The fourth-order valence-corrected chi connectivity index (χ4v) is 2.17. The minimum Gasteiger partial charge on any atom is -0.481 e. The van der Waals surface area contributed by atoms with E-state index >= 15 is 0 Å². The van der Waals surface area contributed by atoms with Crippen LogP contribution in [0.4, 0.5) is 0 Å². The second-order valence-corrected chi connectivity index (χ2v) is 5.27. The van der Waals surface area contributed by atoms with E-state index in [1.54, 1.807) is 19.1 Å². The maximum absolute atomic E-state index is 12.3. The third-order valence-corrected chi connectivity index (χ3v) is 3.66. The summed E-state index contributed by atoms with van der Waals surface area (Å²) in [6.45, 7) is 3.73. The second-order valence-electron chi connectivity index (χ2n) is 5.27. The average molecular weight is 313 g/mol. The van der Waals surface area contributed by atoms with Crippen molar-refractivity contribution in [3.8, 4) is 0 Å². The fraction of sp³-hybridized carbons (Fsp3) is 0.294. The van der Waals surface area contributed by atoms with Crippen LogP contribution >= 0.6 is 0 Å². The summed E-state index contributed by atoms with van der Waals surface area (Å²) < 4.78 is 1.49. The lowest BCUT2D eigenvalue weighted by Crippen LogP contribution is -2.12. The van der Waals surface area contributed by atoms with Crippen molar-refractivity contribution in [1.82, 2.24) is 14.8 Å². The molecule has 0 fully saturated rings. The molecule has 120 valence electrons. The van der Waals surface area contributed by atoms with Gasteiger partial charge in [-0.15, -0.1) is 0 Å². The Kier molecular flexibility index (Phi) is 5.41. The Bertz CT molecular complexity index is 703. The van der Waals surface area contributed by atoms with Crippen molar-refractivity contribution in [2.45, 2.75) is 32.7 Å². The van der Waals surface area contributed by atoms with Crippen molar-refractivity contribution >= 4 is 17.8 Å². The molecule has 2 aromatic rings. The van der Waals surface area contributed by atoms with Crippen LogP contribution in [-0.2, 0) is 16.1 Å². The normalized spacial score (nSPS) is 12.9. The molecule has 0 saturated carbocycles. The highest BCUT2D eigenvalue weighted by Crippen LogP contribution is 2.18. The van der Waals surface area contributed by atoms with Crippen molar-refractivity contribution in [2.75, 3.05) is 0 Å². The Morgan fingerprint density at radius 2 is 2.00 bits per heavy atom. The molecule has 1 unspecified atom stereocenters. The van der Waals surface area contributed by atoms with E-state index < -0.39 is 11.9 Å². The molecule has 2 rings (SSSR count). The van der Waals surface area contributed by atoms with Crippen LogP contribution in [0, 0.1) is 0 Å². The van der Waals surface area contributed by atoms with E-state index in [1.165, 1.54) is 17.3 Å². The van der Waals surface area contributed by atoms with Crippen LogP contribution in [0.5, 0.6) is 0 Å². The van der Waals surface area contributed by atoms with Crippen molar-refractivity contribution in [1.29, 1.82) is 0 Å². The first-order chi connectivity index (χ1) is 11.0. The summed E-state index contributed by atoms with van der Waals surface area (Å²) in [5.41, 5.74) is 2.30. The van der Waals surface area contributed by atoms with Crippen LogP contribution in [0.2, 0.25) is 0 Å². The Morgan fingerprint density at radius 1 is 1.30 bits per heavy atom. The Balaban J connectivity index is 2.14. The van der Waals surface area contributed by atoms with Gasteiger partial charge in [-0.05, 0) is 36.1 Å². The van der Waals surface area contributed by atoms with Crippen LogP contribution in [0.15, 0.2) is 42.5 Å². The largest absolute Gasteiger partial charge is 0.481 e. The topological polar surface area (TPSA) is 85.1 Å². The molecule has 0 aliphatic carbocycles. The van der Waals surface area contributed by atoms with E-state index in [0.29, 0.717) is 12.0 Å². The first kappa shape index (κ1) is 16.6. The van der Waals surface area contributed by atoms with Gasteiger partial charge in [0.15, 0.2) is 5.78 Å².